The van der Waals surface area contributed by atoms with Gasteiger partial charge in [-0.15, -0.1) is 0 Å². The number of rotatable bonds is 8. The summed E-state index contributed by atoms with van der Waals surface area (Å²) >= 11 is 0. The Balaban J connectivity index is 4.17. The van der Waals surface area contributed by atoms with Gasteiger partial charge in [-0.3, -0.25) is 9.59 Å². The first-order chi connectivity index (χ1) is 9.26. The zero-order chi connectivity index (χ0) is 15.7. The molecule has 0 radical (unpaired) electrons. The SMILES string of the molecule is CCC(CC(=O)O)NC(=O)NC(C)C(=O)NCC(C)C. The van der Waals surface area contributed by atoms with Gasteiger partial charge in [-0.1, -0.05) is 20.8 Å². The van der Waals surface area contributed by atoms with E-state index in [1.54, 1.807) is 13.8 Å². The third kappa shape index (κ3) is 8.34. The molecule has 2 atom stereocenters. The van der Waals surface area contributed by atoms with E-state index in [1.807, 2.05) is 13.8 Å². The van der Waals surface area contributed by atoms with E-state index in [9.17, 15) is 14.4 Å². The first-order valence-corrected chi connectivity index (χ1v) is 6.82. The molecule has 20 heavy (non-hydrogen) atoms. The average molecular weight is 287 g/mol. The van der Waals surface area contributed by atoms with Crippen LogP contribution < -0.4 is 16.0 Å². The Hall–Kier alpha value is -1.79. The highest BCUT2D eigenvalue weighted by molar-refractivity contribution is 5.86. The van der Waals surface area contributed by atoms with Crippen LogP contribution in [0.2, 0.25) is 0 Å². The van der Waals surface area contributed by atoms with Crippen LogP contribution in [-0.4, -0.2) is 41.6 Å². The number of carboxylic acid groups (broad SMARTS) is 1. The molecule has 0 saturated carbocycles. The number of nitrogens with one attached hydrogen (secondary N) is 3. The van der Waals surface area contributed by atoms with Gasteiger partial charge in [-0.05, 0) is 19.3 Å². The number of hydrogen-bond acceptors (Lipinski definition) is 3. The fourth-order valence-corrected chi connectivity index (χ4v) is 1.46. The van der Waals surface area contributed by atoms with Crippen LogP contribution in [-0.2, 0) is 9.59 Å². The Bertz CT molecular complexity index is 345. The molecular weight excluding hydrogens is 262 g/mol. The summed E-state index contributed by atoms with van der Waals surface area (Å²) in [6, 6.07) is -1.65. The Morgan fingerprint density at radius 3 is 2.15 bits per heavy atom. The molecule has 0 aliphatic heterocycles. The monoisotopic (exact) mass is 287 g/mol. The Morgan fingerprint density at radius 2 is 1.70 bits per heavy atom. The number of carbonyl (C=O) groups is 3. The molecule has 0 aromatic rings. The minimum atomic E-state index is -0.972. The summed E-state index contributed by atoms with van der Waals surface area (Å²) in [4.78, 5) is 33.9. The predicted octanol–water partition coefficient (Wildman–Crippen LogP) is 0.700. The summed E-state index contributed by atoms with van der Waals surface area (Å²) in [5.41, 5.74) is 0. The molecule has 0 fully saturated rings. The third-order valence-corrected chi connectivity index (χ3v) is 2.67. The van der Waals surface area contributed by atoms with E-state index in [4.69, 9.17) is 5.11 Å². The zero-order valence-corrected chi connectivity index (χ0v) is 12.5. The largest absolute Gasteiger partial charge is 0.481 e. The predicted molar refractivity (Wildman–Crippen MR) is 75.3 cm³/mol. The van der Waals surface area contributed by atoms with Crippen LogP contribution in [0.25, 0.3) is 0 Å². The summed E-state index contributed by atoms with van der Waals surface area (Å²) in [6.07, 6.45) is 0.367. The van der Waals surface area contributed by atoms with Crippen LogP contribution in [0, 0.1) is 5.92 Å². The molecule has 7 heteroatoms. The normalized spacial score (nSPS) is 13.4. The maximum atomic E-state index is 11.7. The molecule has 0 aliphatic carbocycles. The highest BCUT2D eigenvalue weighted by Gasteiger charge is 2.18. The van der Waals surface area contributed by atoms with Crippen LogP contribution in [0.3, 0.4) is 0 Å². The van der Waals surface area contributed by atoms with E-state index in [2.05, 4.69) is 16.0 Å². The van der Waals surface area contributed by atoms with E-state index >= 15 is 0 Å². The summed E-state index contributed by atoms with van der Waals surface area (Å²) in [7, 11) is 0. The van der Waals surface area contributed by atoms with Gasteiger partial charge in [-0.25, -0.2) is 4.79 Å². The van der Waals surface area contributed by atoms with Gasteiger partial charge in [-0.2, -0.15) is 0 Å². The number of aliphatic carboxylic acids is 1. The fraction of sp³-hybridized carbons (Fsp3) is 0.769. The molecule has 0 bridgehead atoms. The molecule has 7 nitrogen and oxygen atoms in total. The van der Waals surface area contributed by atoms with Crippen LogP contribution in [0.1, 0.15) is 40.5 Å². The highest BCUT2D eigenvalue weighted by atomic mass is 16.4. The maximum absolute atomic E-state index is 11.7. The summed E-state index contributed by atoms with van der Waals surface area (Å²) < 4.78 is 0. The van der Waals surface area contributed by atoms with Crippen LogP contribution in [0.4, 0.5) is 4.79 Å². The van der Waals surface area contributed by atoms with Crippen molar-refractivity contribution < 1.29 is 19.5 Å². The summed E-state index contributed by atoms with van der Waals surface area (Å²) in [5.74, 6) is -0.903. The third-order valence-electron chi connectivity index (χ3n) is 2.67. The minimum absolute atomic E-state index is 0.141. The van der Waals surface area contributed by atoms with Gasteiger partial charge < -0.3 is 21.1 Å². The lowest BCUT2D eigenvalue weighted by molar-refractivity contribution is -0.137. The standard InChI is InChI=1S/C13H25N3O4/c1-5-10(6-11(17)18)16-13(20)15-9(4)12(19)14-7-8(2)3/h8-10H,5-7H2,1-4H3,(H,14,19)(H,17,18)(H2,15,16,20). The number of urea groups is 1. The van der Waals surface area contributed by atoms with E-state index < -0.39 is 24.1 Å². The summed E-state index contributed by atoms with van der Waals surface area (Å²) in [5, 5.41) is 16.4. The number of hydrogen-bond donors (Lipinski definition) is 4. The molecular formula is C13H25N3O4. The molecule has 0 spiro atoms. The molecule has 0 saturated heterocycles. The van der Waals surface area contributed by atoms with Gasteiger partial charge in [0, 0.05) is 12.6 Å². The molecule has 0 heterocycles. The molecule has 2 unspecified atom stereocenters. The smallest absolute Gasteiger partial charge is 0.315 e. The molecule has 4 N–H and O–H groups in total. The maximum Gasteiger partial charge on any atom is 0.315 e. The summed E-state index contributed by atoms with van der Waals surface area (Å²) in [6.45, 7) is 7.86. The van der Waals surface area contributed by atoms with E-state index in [1.165, 1.54) is 0 Å². The highest BCUT2D eigenvalue weighted by Crippen LogP contribution is 1.97. The average Bonchev–Trinajstić information content (AvgIpc) is 2.34. The van der Waals surface area contributed by atoms with Crippen LogP contribution in [0.5, 0.6) is 0 Å². The van der Waals surface area contributed by atoms with Gasteiger partial charge in [0.1, 0.15) is 6.04 Å². The molecule has 0 aliphatic rings. The second kappa shape index (κ2) is 9.17. The first kappa shape index (κ1) is 18.2. The van der Waals surface area contributed by atoms with E-state index in [0.717, 1.165) is 0 Å². The Labute approximate surface area is 119 Å². The topological polar surface area (TPSA) is 108 Å². The second-order valence-corrected chi connectivity index (χ2v) is 5.18. The quantitative estimate of drug-likeness (QED) is 0.527. The van der Waals surface area contributed by atoms with Crippen molar-refractivity contribution in [1.29, 1.82) is 0 Å². The Kier molecular flexibility index (Phi) is 8.35. The number of amides is 3. The Morgan fingerprint density at radius 1 is 1.10 bits per heavy atom. The second-order valence-electron chi connectivity index (χ2n) is 5.18. The van der Waals surface area contributed by atoms with Crippen molar-refractivity contribution in [3.05, 3.63) is 0 Å². The van der Waals surface area contributed by atoms with E-state index in [0.29, 0.717) is 18.9 Å². The van der Waals surface area contributed by atoms with Crippen molar-refractivity contribution in [3.63, 3.8) is 0 Å². The van der Waals surface area contributed by atoms with Gasteiger partial charge in [0.15, 0.2) is 0 Å². The zero-order valence-electron chi connectivity index (χ0n) is 12.5. The van der Waals surface area contributed by atoms with Crippen molar-refractivity contribution in [3.8, 4) is 0 Å². The molecule has 116 valence electrons. The lowest BCUT2D eigenvalue weighted by Gasteiger charge is -2.19. The lowest BCUT2D eigenvalue weighted by Crippen LogP contribution is -2.51. The first-order valence-electron chi connectivity index (χ1n) is 6.82. The van der Waals surface area contributed by atoms with Gasteiger partial charge in [0.2, 0.25) is 5.91 Å². The van der Waals surface area contributed by atoms with Crippen molar-refractivity contribution >= 4 is 17.9 Å². The van der Waals surface area contributed by atoms with Crippen molar-refractivity contribution in [1.82, 2.24) is 16.0 Å². The minimum Gasteiger partial charge on any atom is -0.481 e. The molecule has 0 rings (SSSR count). The van der Waals surface area contributed by atoms with Crippen LogP contribution in [0.15, 0.2) is 0 Å². The molecule has 0 aromatic carbocycles. The molecule has 3 amide bonds. The van der Waals surface area contributed by atoms with Gasteiger partial charge in [0.05, 0.1) is 6.42 Å². The molecule has 0 aromatic heterocycles. The lowest BCUT2D eigenvalue weighted by atomic mass is 10.1. The number of carbonyl (C=O) groups excluding carboxylic acids is 2. The van der Waals surface area contributed by atoms with Gasteiger partial charge >= 0.3 is 12.0 Å². The van der Waals surface area contributed by atoms with E-state index in [-0.39, 0.29) is 12.3 Å². The van der Waals surface area contributed by atoms with Crippen LogP contribution >= 0.6 is 0 Å². The van der Waals surface area contributed by atoms with Crippen molar-refractivity contribution in [2.75, 3.05) is 6.54 Å². The fourth-order valence-electron chi connectivity index (χ4n) is 1.46. The number of carboxylic acids is 1. The van der Waals surface area contributed by atoms with Crippen molar-refractivity contribution in [2.24, 2.45) is 5.92 Å². The van der Waals surface area contributed by atoms with Gasteiger partial charge in [0.25, 0.3) is 0 Å². The van der Waals surface area contributed by atoms with Crippen molar-refractivity contribution in [2.45, 2.75) is 52.6 Å².